The fourth-order valence-electron chi connectivity index (χ4n) is 2.81. The summed E-state index contributed by atoms with van der Waals surface area (Å²) in [5.41, 5.74) is 0.994. The van der Waals surface area contributed by atoms with Crippen LogP contribution >= 0.6 is 0 Å². The number of unbranched alkanes of at least 4 members (excludes halogenated alkanes) is 8. The van der Waals surface area contributed by atoms with Gasteiger partial charge in [-0.25, -0.2) is 9.79 Å². The molecule has 5 nitrogen and oxygen atoms in total. The Bertz CT molecular complexity index is 544. The molecule has 5 heteroatoms. The maximum Gasteiger partial charge on any atom is 0.407 e. The monoisotopic (exact) mass is 374 g/mol. The van der Waals surface area contributed by atoms with E-state index in [4.69, 9.17) is 4.74 Å². The lowest BCUT2D eigenvalue weighted by Crippen LogP contribution is -2.25. The number of carbonyl (C=O) groups is 2. The minimum atomic E-state index is -0.345. The largest absolute Gasteiger partial charge is 0.445 e. The number of nitrogens with zero attached hydrogens (tertiary/aromatic N) is 1. The van der Waals surface area contributed by atoms with E-state index < -0.39 is 0 Å². The molecule has 1 aromatic rings. The van der Waals surface area contributed by atoms with E-state index in [2.05, 4.69) is 10.3 Å². The van der Waals surface area contributed by atoms with Crippen molar-refractivity contribution in [2.24, 2.45) is 4.99 Å². The highest BCUT2D eigenvalue weighted by atomic mass is 16.5. The molecule has 0 bridgehead atoms. The molecule has 0 fully saturated rings. The zero-order valence-corrected chi connectivity index (χ0v) is 16.6. The number of alkyl carbamates (subject to hydrolysis) is 1. The van der Waals surface area contributed by atoms with Crippen LogP contribution in [0.15, 0.2) is 35.3 Å². The van der Waals surface area contributed by atoms with Crippen molar-refractivity contribution >= 4 is 18.2 Å². The van der Waals surface area contributed by atoms with Crippen molar-refractivity contribution in [3.8, 4) is 0 Å². The average molecular weight is 375 g/mol. The van der Waals surface area contributed by atoms with Crippen LogP contribution in [0, 0.1) is 0 Å². The number of amides is 2. The van der Waals surface area contributed by atoms with Crippen LogP contribution in [0.4, 0.5) is 4.79 Å². The van der Waals surface area contributed by atoms with Crippen LogP contribution in [-0.4, -0.2) is 24.8 Å². The quantitative estimate of drug-likeness (QED) is 0.349. The fraction of sp³-hybridized carbons (Fsp3) is 0.591. The molecule has 1 rings (SSSR count). The Morgan fingerprint density at radius 3 is 2.15 bits per heavy atom. The van der Waals surface area contributed by atoms with Gasteiger partial charge in [0.2, 0.25) is 5.91 Å². The summed E-state index contributed by atoms with van der Waals surface area (Å²) in [5, 5.41) is 2.80. The van der Waals surface area contributed by atoms with E-state index in [0.29, 0.717) is 19.6 Å². The Morgan fingerprint density at radius 2 is 1.52 bits per heavy atom. The lowest BCUT2D eigenvalue weighted by molar-refractivity contribution is -0.117. The average Bonchev–Trinajstić information content (AvgIpc) is 2.68. The predicted octanol–water partition coefficient (Wildman–Crippen LogP) is 5.43. The second-order valence-electron chi connectivity index (χ2n) is 6.70. The summed E-state index contributed by atoms with van der Waals surface area (Å²) in [7, 11) is 0. The Morgan fingerprint density at radius 1 is 0.926 bits per heavy atom. The highest BCUT2D eigenvalue weighted by Gasteiger charge is 2.01. The highest BCUT2D eigenvalue weighted by molar-refractivity contribution is 5.84. The number of benzene rings is 1. The predicted molar refractivity (Wildman–Crippen MR) is 110 cm³/mol. The van der Waals surface area contributed by atoms with Crippen molar-refractivity contribution in [1.82, 2.24) is 5.32 Å². The Kier molecular flexibility index (Phi) is 13.6. The maximum atomic E-state index is 11.6. The molecule has 0 aliphatic rings. The van der Waals surface area contributed by atoms with Crippen LogP contribution in [0.25, 0.3) is 0 Å². The molecule has 27 heavy (non-hydrogen) atoms. The number of nitrogens with one attached hydrogen (secondary N) is 1. The first-order valence-corrected chi connectivity index (χ1v) is 10.2. The molecule has 0 aliphatic carbocycles. The van der Waals surface area contributed by atoms with Gasteiger partial charge in [-0.3, -0.25) is 4.79 Å². The van der Waals surface area contributed by atoms with Crippen LogP contribution in [0.2, 0.25) is 0 Å². The summed E-state index contributed by atoms with van der Waals surface area (Å²) in [6.45, 7) is 2.75. The van der Waals surface area contributed by atoms with Crippen molar-refractivity contribution in [3.05, 3.63) is 35.9 Å². The van der Waals surface area contributed by atoms with Gasteiger partial charge in [0.25, 0.3) is 0 Å². The molecule has 0 aromatic heterocycles. The first-order valence-electron chi connectivity index (χ1n) is 10.2. The van der Waals surface area contributed by atoms with E-state index in [0.717, 1.165) is 31.2 Å². The van der Waals surface area contributed by atoms with Crippen molar-refractivity contribution < 1.29 is 14.3 Å². The minimum absolute atomic E-state index is 0.00458. The molecule has 1 aromatic carbocycles. The first kappa shape index (κ1) is 22.9. The molecule has 0 heterocycles. The minimum Gasteiger partial charge on any atom is -0.445 e. The lowest BCUT2D eigenvalue weighted by Gasteiger charge is -2.07. The van der Waals surface area contributed by atoms with Crippen molar-refractivity contribution in [2.75, 3.05) is 6.54 Å². The SMILES string of the molecule is CC=NC(=O)CCCCCCCCCCCNC(=O)OCc1ccccc1. The third kappa shape index (κ3) is 13.7. The fourth-order valence-corrected chi connectivity index (χ4v) is 2.81. The van der Waals surface area contributed by atoms with Crippen molar-refractivity contribution in [3.63, 3.8) is 0 Å². The molecule has 0 saturated heterocycles. The van der Waals surface area contributed by atoms with E-state index in [1.807, 2.05) is 30.3 Å². The van der Waals surface area contributed by atoms with Crippen LogP contribution in [-0.2, 0) is 16.1 Å². The first-order chi connectivity index (χ1) is 13.2. The third-order valence-corrected chi connectivity index (χ3v) is 4.32. The second-order valence-corrected chi connectivity index (χ2v) is 6.70. The highest BCUT2D eigenvalue weighted by Crippen LogP contribution is 2.10. The Balaban J connectivity index is 1.82. The third-order valence-electron chi connectivity index (χ3n) is 4.32. The summed E-state index contributed by atoms with van der Waals surface area (Å²) in [6.07, 6.45) is 12.1. The van der Waals surface area contributed by atoms with Crippen molar-refractivity contribution in [1.29, 1.82) is 0 Å². The number of carbonyl (C=O) groups excluding carboxylic acids is 2. The molecule has 0 spiro atoms. The molecule has 1 N–H and O–H groups in total. The van der Waals surface area contributed by atoms with Gasteiger partial charge >= 0.3 is 6.09 Å². The van der Waals surface area contributed by atoms with Gasteiger partial charge in [0.15, 0.2) is 0 Å². The van der Waals surface area contributed by atoms with Crippen LogP contribution in [0.1, 0.15) is 76.7 Å². The Hall–Kier alpha value is -2.17. The molecule has 0 atom stereocenters. The van der Waals surface area contributed by atoms with Crippen LogP contribution in [0.3, 0.4) is 0 Å². The van der Waals surface area contributed by atoms with Gasteiger partial charge in [-0.05, 0) is 25.3 Å². The van der Waals surface area contributed by atoms with Gasteiger partial charge in [0, 0.05) is 19.2 Å². The van der Waals surface area contributed by atoms with Gasteiger partial charge in [-0.2, -0.15) is 0 Å². The number of ether oxygens (including phenoxy) is 1. The molecule has 0 saturated carbocycles. The van der Waals surface area contributed by atoms with E-state index >= 15 is 0 Å². The van der Waals surface area contributed by atoms with E-state index in [1.54, 1.807) is 13.1 Å². The molecule has 0 unspecified atom stereocenters. The van der Waals surface area contributed by atoms with Crippen LogP contribution < -0.4 is 5.32 Å². The number of rotatable bonds is 14. The molecule has 2 amide bonds. The zero-order chi connectivity index (χ0) is 19.6. The molecular formula is C22H34N2O3. The standard InChI is InChI=1S/C22H34N2O3/c1-2-23-21(25)17-13-8-6-4-3-5-7-9-14-18-24-22(26)27-19-20-15-11-10-12-16-20/h2,10-12,15-16H,3-9,13-14,17-19H2,1H3,(H,24,26). The normalized spacial score (nSPS) is 10.9. The summed E-state index contributed by atoms with van der Waals surface area (Å²) in [5.74, 6) is -0.00458. The van der Waals surface area contributed by atoms with E-state index in [-0.39, 0.29) is 12.0 Å². The van der Waals surface area contributed by atoms with E-state index in [1.165, 1.54) is 32.1 Å². The molecule has 0 aliphatic heterocycles. The zero-order valence-electron chi connectivity index (χ0n) is 16.6. The van der Waals surface area contributed by atoms with E-state index in [9.17, 15) is 9.59 Å². The summed E-state index contributed by atoms with van der Waals surface area (Å²) >= 11 is 0. The van der Waals surface area contributed by atoms with Crippen molar-refractivity contribution in [2.45, 2.75) is 77.7 Å². The number of hydrogen-bond acceptors (Lipinski definition) is 3. The second kappa shape index (κ2) is 16.0. The lowest BCUT2D eigenvalue weighted by atomic mass is 10.1. The van der Waals surface area contributed by atoms with Gasteiger partial charge in [0.1, 0.15) is 6.61 Å². The Labute approximate surface area is 163 Å². The summed E-state index contributed by atoms with van der Waals surface area (Å²) in [4.78, 5) is 26.6. The smallest absolute Gasteiger partial charge is 0.407 e. The molecular weight excluding hydrogens is 340 g/mol. The number of hydrogen-bond donors (Lipinski definition) is 1. The van der Waals surface area contributed by atoms with Gasteiger partial charge in [0.05, 0.1) is 0 Å². The topological polar surface area (TPSA) is 67.8 Å². The summed E-state index contributed by atoms with van der Waals surface area (Å²) < 4.78 is 5.17. The molecule has 0 radical (unpaired) electrons. The summed E-state index contributed by atoms with van der Waals surface area (Å²) in [6, 6.07) is 9.68. The van der Waals surface area contributed by atoms with Crippen LogP contribution in [0.5, 0.6) is 0 Å². The molecule has 150 valence electrons. The maximum absolute atomic E-state index is 11.6. The van der Waals surface area contributed by atoms with Gasteiger partial charge in [-0.1, -0.05) is 75.3 Å². The van der Waals surface area contributed by atoms with Gasteiger partial charge < -0.3 is 10.1 Å². The van der Waals surface area contributed by atoms with Gasteiger partial charge in [-0.15, -0.1) is 0 Å². The number of aliphatic imine (C=N–C) groups is 1.